The molecule has 2 fully saturated rings. The molecule has 0 saturated carbocycles. The third-order valence-corrected chi connectivity index (χ3v) is 12.9. The summed E-state index contributed by atoms with van der Waals surface area (Å²) in [5.41, 5.74) is 5.41. The molecule has 332 valence electrons. The molecule has 64 heavy (non-hydrogen) atoms. The van der Waals surface area contributed by atoms with Gasteiger partial charge in [0.1, 0.15) is 28.0 Å². The van der Waals surface area contributed by atoms with Gasteiger partial charge in [-0.1, -0.05) is 29.4 Å². The Kier molecular flexibility index (Phi) is 12.1. The molecule has 0 amide bonds. The van der Waals surface area contributed by atoms with E-state index < -0.39 is 17.7 Å². The molecule has 11 nitrogen and oxygen atoms in total. The number of hydrogen-bond acceptors (Lipinski definition) is 10. The molecule has 2 aliphatic rings. The van der Waals surface area contributed by atoms with Crippen molar-refractivity contribution in [3.05, 3.63) is 107 Å². The number of fused-ring (bicyclic) bond motifs is 2. The molecule has 6 aromatic heterocycles. The molecule has 2 aromatic carbocycles. The smallest absolute Gasteiger partial charge is 0.361 e. The first-order valence-corrected chi connectivity index (χ1v) is 22.3. The van der Waals surface area contributed by atoms with E-state index in [0.29, 0.717) is 69.8 Å². The fourth-order valence-electron chi connectivity index (χ4n) is 8.88. The van der Waals surface area contributed by atoms with Gasteiger partial charge >= 0.3 is 6.18 Å². The molecule has 0 bridgehead atoms. The Morgan fingerprint density at radius 1 is 0.734 bits per heavy atom. The predicted molar refractivity (Wildman–Crippen MR) is 238 cm³/mol. The normalized spacial score (nSPS) is 17.2. The lowest BCUT2D eigenvalue weighted by Crippen LogP contribution is -2.31. The number of aryl methyl sites for hydroxylation is 2. The van der Waals surface area contributed by atoms with E-state index in [1.54, 1.807) is 29.9 Å². The zero-order chi connectivity index (χ0) is 44.6. The van der Waals surface area contributed by atoms with Crippen molar-refractivity contribution in [3.8, 4) is 44.2 Å². The number of rotatable bonds is 9. The van der Waals surface area contributed by atoms with E-state index in [1.165, 1.54) is 6.20 Å². The minimum Gasteiger partial charge on any atom is -0.361 e. The number of hydrogen-bond donors (Lipinski definition) is 4. The van der Waals surface area contributed by atoms with Crippen molar-refractivity contribution in [2.45, 2.75) is 71.4 Å². The zero-order valence-corrected chi connectivity index (χ0v) is 36.4. The molecule has 0 unspecified atom stereocenters. The van der Waals surface area contributed by atoms with Gasteiger partial charge in [-0.25, -0.2) is 33.7 Å². The monoisotopic (exact) mass is 894 g/mol. The summed E-state index contributed by atoms with van der Waals surface area (Å²) in [6.45, 7) is 8.34. The molecule has 2 atom stereocenters. The maximum atomic E-state index is 14.4. The summed E-state index contributed by atoms with van der Waals surface area (Å²) in [6, 6.07) is 11.5. The molecule has 4 N–H and O–H groups in total. The first-order valence-electron chi connectivity index (χ1n) is 21.4. The number of H-pyrrole nitrogens is 2. The van der Waals surface area contributed by atoms with Crippen molar-refractivity contribution in [3.63, 3.8) is 0 Å². The quantitative estimate of drug-likeness (QED) is 0.104. The maximum absolute atomic E-state index is 14.4. The van der Waals surface area contributed by atoms with Crippen LogP contribution in [0, 0.1) is 25.7 Å². The van der Waals surface area contributed by atoms with Crippen LogP contribution in [-0.2, 0) is 24.9 Å². The summed E-state index contributed by atoms with van der Waals surface area (Å²) in [6.07, 6.45) is 8.31. The zero-order valence-electron chi connectivity index (χ0n) is 35.5. The van der Waals surface area contributed by atoms with Crippen LogP contribution in [0.3, 0.4) is 0 Å². The van der Waals surface area contributed by atoms with Crippen molar-refractivity contribution in [2.75, 3.05) is 26.2 Å². The van der Waals surface area contributed by atoms with Crippen LogP contribution in [0.5, 0.6) is 0 Å². The van der Waals surface area contributed by atoms with E-state index in [9.17, 15) is 22.0 Å². The van der Waals surface area contributed by atoms with Crippen molar-refractivity contribution in [1.29, 1.82) is 0 Å². The fraction of sp³-hybridized carbons (Fsp3) is 0.362. The predicted octanol–water partition coefficient (Wildman–Crippen LogP) is 10.9. The molecule has 8 aromatic rings. The molecular weight excluding hydrogens is 848 g/mol. The molecule has 17 heteroatoms. The lowest BCUT2D eigenvalue weighted by atomic mass is 9.95. The summed E-state index contributed by atoms with van der Waals surface area (Å²) in [4.78, 5) is 28.1. The molecule has 0 radical (unpaired) electrons. The Morgan fingerprint density at radius 2 is 1.30 bits per heavy atom. The number of aromatic amines is 2. The largest absolute Gasteiger partial charge is 0.419 e. The van der Waals surface area contributed by atoms with Crippen molar-refractivity contribution in [1.82, 2.24) is 50.7 Å². The number of alkyl halides is 5. The number of halogens is 5. The average molecular weight is 895 g/mol. The first-order chi connectivity index (χ1) is 30.8. The first kappa shape index (κ1) is 43.3. The lowest BCUT2D eigenvalue weighted by molar-refractivity contribution is -0.137. The minimum atomic E-state index is -4.56. The van der Waals surface area contributed by atoms with Crippen LogP contribution in [0.2, 0.25) is 0 Å². The second-order valence-corrected chi connectivity index (χ2v) is 17.7. The van der Waals surface area contributed by atoms with Crippen LogP contribution < -0.4 is 10.6 Å². The Morgan fingerprint density at radius 3 is 1.80 bits per heavy atom. The van der Waals surface area contributed by atoms with Gasteiger partial charge in [0.25, 0.3) is 5.92 Å². The summed E-state index contributed by atoms with van der Waals surface area (Å²) in [5.74, 6) is -0.540. The van der Waals surface area contributed by atoms with Crippen LogP contribution in [0.1, 0.15) is 66.8 Å². The van der Waals surface area contributed by atoms with Crippen LogP contribution in [-0.4, -0.2) is 66.2 Å². The second-order valence-electron chi connectivity index (χ2n) is 16.8. The Bertz CT molecular complexity index is 2870. The van der Waals surface area contributed by atoms with Gasteiger partial charge in [0.15, 0.2) is 0 Å². The summed E-state index contributed by atoms with van der Waals surface area (Å²) >= 11 is 1.56. The van der Waals surface area contributed by atoms with E-state index in [0.717, 1.165) is 103 Å². The van der Waals surface area contributed by atoms with Gasteiger partial charge in [-0.15, -0.1) is 11.3 Å². The highest BCUT2D eigenvalue weighted by Crippen LogP contribution is 2.41. The van der Waals surface area contributed by atoms with Crippen LogP contribution in [0.15, 0.2) is 77.3 Å². The van der Waals surface area contributed by atoms with Gasteiger partial charge in [0, 0.05) is 100 Å². The van der Waals surface area contributed by atoms with E-state index in [-0.39, 0.29) is 11.3 Å². The Labute approximate surface area is 369 Å². The van der Waals surface area contributed by atoms with E-state index >= 15 is 0 Å². The van der Waals surface area contributed by atoms with Crippen LogP contribution >= 0.6 is 11.3 Å². The molecule has 8 heterocycles. The molecule has 0 spiro atoms. The summed E-state index contributed by atoms with van der Waals surface area (Å²) in [5, 5.41) is 15.1. The average Bonchev–Trinajstić information content (AvgIpc) is 4.11. The molecule has 2 saturated heterocycles. The van der Waals surface area contributed by atoms with Crippen molar-refractivity contribution in [2.24, 2.45) is 11.8 Å². The highest BCUT2D eigenvalue weighted by molar-refractivity contribution is 7.13. The van der Waals surface area contributed by atoms with Gasteiger partial charge in [0.2, 0.25) is 0 Å². The number of nitrogens with zero attached hydrogens (tertiary/aromatic N) is 6. The van der Waals surface area contributed by atoms with Crippen LogP contribution in [0.4, 0.5) is 22.0 Å². The third-order valence-electron chi connectivity index (χ3n) is 12.1. The standard InChI is InChI=1S/C24H24F3N5O.C23H23F2N5S/c1-13-22(14(2)33-32-13)16-5-6-17-18(11-29-20(17)9-16)23-19(24(25,26)27)12-30-21(31-23)8-15-4-3-7-28-10-15;1-23(24,25)18-13-29-20(9-14-3-2-6-26-11-14)30-21(18)17-12-28-19-10-15(4-5-16(17)19)22-27-7-8-31-22/h5-6,9,11-12,15,28-29H,3-4,7-8,10H2,1-2H3;4-5,7-8,10,12-14,26,28H,2-3,6,9,11H2,1H3/t15-;14-/m11/s1. The molecule has 0 aliphatic carbocycles. The highest BCUT2D eigenvalue weighted by atomic mass is 32.1. The van der Waals surface area contributed by atoms with E-state index in [4.69, 9.17) is 4.52 Å². The summed E-state index contributed by atoms with van der Waals surface area (Å²) in [7, 11) is 0. The van der Waals surface area contributed by atoms with Gasteiger partial charge in [-0.3, -0.25) is 0 Å². The van der Waals surface area contributed by atoms with Crippen molar-refractivity contribution < 1.29 is 26.5 Å². The summed E-state index contributed by atoms with van der Waals surface area (Å²) < 4.78 is 75.7. The maximum Gasteiger partial charge on any atom is 0.419 e. The molecular formula is C47H47F5N10OS. The number of benzene rings is 2. The van der Waals surface area contributed by atoms with Crippen LogP contribution in [0.25, 0.3) is 66.0 Å². The minimum absolute atomic E-state index is 0.0902. The van der Waals surface area contributed by atoms with E-state index in [1.807, 2.05) is 55.6 Å². The molecule has 10 rings (SSSR count). The molecule has 2 aliphatic heterocycles. The fourth-order valence-corrected chi connectivity index (χ4v) is 9.51. The number of thiazole rings is 1. The third kappa shape index (κ3) is 9.19. The van der Waals surface area contributed by atoms with Crippen molar-refractivity contribution >= 4 is 33.1 Å². The Hall–Kier alpha value is -5.91. The Balaban J connectivity index is 0.000000162. The SMILES string of the molecule is CC(F)(F)c1cnc(C[C@H]2CCCNC2)nc1-c1c[nH]c2cc(-c3nccs3)ccc12.Cc1noc(C)c1-c1ccc2c(-c3nc(C[C@H]4CCCNC4)ncc3C(F)(F)F)c[nH]c2c1. The topological polar surface area (TPSA) is 146 Å². The number of nitrogens with one attached hydrogen (secondary N) is 4. The van der Waals surface area contributed by atoms with Gasteiger partial charge < -0.3 is 25.1 Å². The van der Waals surface area contributed by atoms with Gasteiger partial charge in [-0.2, -0.15) is 13.2 Å². The second kappa shape index (κ2) is 17.9. The lowest BCUT2D eigenvalue weighted by Gasteiger charge is -2.22. The highest BCUT2D eigenvalue weighted by Gasteiger charge is 2.36. The number of piperidine rings is 2. The van der Waals surface area contributed by atoms with Gasteiger partial charge in [0.05, 0.1) is 22.6 Å². The number of aromatic nitrogens is 8. The van der Waals surface area contributed by atoms with Gasteiger partial charge in [-0.05, 0) is 95.2 Å². The van der Waals surface area contributed by atoms with E-state index in [2.05, 4.69) is 50.7 Å².